The fourth-order valence-electron chi connectivity index (χ4n) is 7.37. The van der Waals surface area contributed by atoms with Crippen LogP contribution in [0, 0.1) is 19.3 Å². The molecule has 1 aliphatic carbocycles. The number of ether oxygens (including phenoxy) is 1. The van der Waals surface area contributed by atoms with Crippen LogP contribution in [-0.2, 0) is 7.05 Å². The van der Waals surface area contributed by atoms with Gasteiger partial charge in [0, 0.05) is 17.0 Å². The Balaban J connectivity index is 1.66. The van der Waals surface area contributed by atoms with E-state index >= 15 is 0 Å². The highest BCUT2D eigenvalue weighted by Gasteiger charge is 2.40. The van der Waals surface area contributed by atoms with Crippen LogP contribution in [0.1, 0.15) is 100 Å². The van der Waals surface area contributed by atoms with E-state index in [0.29, 0.717) is 17.3 Å². The number of hydrogen-bond acceptors (Lipinski definition) is 1. The van der Waals surface area contributed by atoms with Crippen LogP contribution in [0.4, 0.5) is 0 Å². The van der Waals surface area contributed by atoms with Crippen LogP contribution in [0.25, 0.3) is 32.9 Å². The fourth-order valence-corrected chi connectivity index (χ4v) is 7.37. The molecule has 2 aliphatic rings. The molecule has 0 N–H and O–H groups in total. The summed E-state index contributed by atoms with van der Waals surface area (Å²) in [5.74, 6) is 3.13. The molecule has 6 rings (SSSR count). The summed E-state index contributed by atoms with van der Waals surface area (Å²) < 4.78 is 9.49. The molecule has 2 heteroatoms. The summed E-state index contributed by atoms with van der Waals surface area (Å²) in [4.78, 5) is 0. The Bertz CT molecular complexity index is 1530. The molecule has 37 heavy (non-hydrogen) atoms. The van der Waals surface area contributed by atoms with Gasteiger partial charge in [0.1, 0.15) is 12.8 Å². The minimum absolute atomic E-state index is 0.456. The van der Waals surface area contributed by atoms with Crippen molar-refractivity contribution in [3.8, 4) is 22.8 Å². The van der Waals surface area contributed by atoms with Gasteiger partial charge >= 0.3 is 0 Å². The molecule has 0 spiro atoms. The van der Waals surface area contributed by atoms with Gasteiger partial charge in [0.05, 0.1) is 10.9 Å². The lowest BCUT2D eigenvalue weighted by Gasteiger charge is -2.40. The number of fused-ring (bicyclic) bond motifs is 3. The van der Waals surface area contributed by atoms with E-state index < -0.39 is 0 Å². The van der Waals surface area contributed by atoms with Gasteiger partial charge in [0.25, 0.3) is 5.69 Å². The highest BCUT2D eigenvalue weighted by molar-refractivity contribution is 6.06. The van der Waals surface area contributed by atoms with E-state index in [4.69, 9.17) is 4.74 Å². The number of para-hydroxylation sites is 1. The molecule has 1 saturated carbocycles. The van der Waals surface area contributed by atoms with Crippen molar-refractivity contribution in [2.75, 3.05) is 0 Å². The topological polar surface area (TPSA) is 13.1 Å². The van der Waals surface area contributed by atoms with E-state index in [9.17, 15) is 0 Å². The van der Waals surface area contributed by atoms with Crippen LogP contribution in [0.15, 0.2) is 42.5 Å². The number of aromatic nitrogens is 1. The lowest BCUT2D eigenvalue weighted by Crippen LogP contribution is -2.35. The molecule has 4 aromatic rings. The van der Waals surface area contributed by atoms with Crippen molar-refractivity contribution in [1.82, 2.24) is 0 Å². The first-order chi connectivity index (χ1) is 17.8. The molecule has 0 radical (unpaired) electrons. The van der Waals surface area contributed by atoms with Crippen molar-refractivity contribution >= 4 is 21.7 Å². The number of rotatable bonds is 4. The van der Waals surface area contributed by atoms with Crippen molar-refractivity contribution in [2.45, 2.75) is 91.9 Å². The minimum Gasteiger partial charge on any atom is -0.449 e. The maximum absolute atomic E-state index is 7.09. The van der Waals surface area contributed by atoms with E-state index in [1.54, 1.807) is 0 Å². The minimum atomic E-state index is 0.456. The summed E-state index contributed by atoms with van der Waals surface area (Å²) in [5.41, 5.74) is 9.96. The first kappa shape index (κ1) is 24.5. The lowest BCUT2D eigenvalue weighted by atomic mass is 9.66. The van der Waals surface area contributed by atoms with Gasteiger partial charge in [-0.3, -0.25) is 0 Å². The maximum atomic E-state index is 7.09. The smallest absolute Gasteiger partial charge is 0.257 e. The second kappa shape index (κ2) is 8.86. The summed E-state index contributed by atoms with van der Waals surface area (Å²) in [6.07, 6.45) is 7.71. The third kappa shape index (κ3) is 3.62. The fraction of sp³-hybridized carbons (Fsp3) is 0.457. The number of pyridine rings is 1. The lowest BCUT2D eigenvalue weighted by molar-refractivity contribution is -0.633. The Morgan fingerprint density at radius 2 is 1.70 bits per heavy atom. The predicted octanol–water partition coefficient (Wildman–Crippen LogP) is 9.79. The summed E-state index contributed by atoms with van der Waals surface area (Å²) in [7, 11) is 2.23. The van der Waals surface area contributed by atoms with Crippen molar-refractivity contribution in [1.29, 1.82) is 0 Å². The zero-order chi connectivity index (χ0) is 26.1. The zero-order valence-electron chi connectivity index (χ0n) is 23.8. The van der Waals surface area contributed by atoms with E-state index in [2.05, 4.69) is 95.6 Å². The van der Waals surface area contributed by atoms with Gasteiger partial charge in [-0.25, -0.2) is 0 Å². The van der Waals surface area contributed by atoms with Gasteiger partial charge in [0.15, 0.2) is 0 Å². The second-order valence-corrected chi connectivity index (χ2v) is 12.2. The largest absolute Gasteiger partial charge is 0.449 e. The van der Waals surface area contributed by atoms with Crippen LogP contribution in [0.2, 0.25) is 0 Å². The van der Waals surface area contributed by atoms with Crippen LogP contribution >= 0.6 is 0 Å². The second-order valence-electron chi connectivity index (χ2n) is 12.2. The van der Waals surface area contributed by atoms with E-state index in [1.165, 1.54) is 93.7 Å². The van der Waals surface area contributed by atoms with Crippen molar-refractivity contribution in [2.24, 2.45) is 12.5 Å². The summed E-state index contributed by atoms with van der Waals surface area (Å²) >= 11 is 0. The molecule has 2 nitrogen and oxygen atoms in total. The zero-order valence-corrected chi connectivity index (χ0v) is 23.8. The third-order valence-electron chi connectivity index (χ3n) is 10.2. The molecule has 1 fully saturated rings. The van der Waals surface area contributed by atoms with Crippen LogP contribution < -0.4 is 9.30 Å². The maximum Gasteiger partial charge on any atom is 0.257 e. The molecule has 1 aliphatic heterocycles. The molecular formula is C35H42NO+. The number of benzene rings is 3. The van der Waals surface area contributed by atoms with E-state index in [-0.39, 0.29) is 0 Å². The van der Waals surface area contributed by atoms with Gasteiger partial charge in [0.2, 0.25) is 11.3 Å². The summed E-state index contributed by atoms with van der Waals surface area (Å²) in [5, 5.41) is 3.93. The molecular weight excluding hydrogens is 450 g/mol. The van der Waals surface area contributed by atoms with Crippen LogP contribution in [0.5, 0.6) is 11.5 Å². The molecule has 0 atom stereocenters. The average molecular weight is 493 g/mol. The van der Waals surface area contributed by atoms with Crippen molar-refractivity contribution < 1.29 is 9.30 Å². The molecule has 0 unspecified atom stereocenters. The molecule has 0 saturated heterocycles. The van der Waals surface area contributed by atoms with Crippen LogP contribution in [-0.4, -0.2) is 0 Å². The Labute approximate surface area is 222 Å². The van der Waals surface area contributed by atoms with Gasteiger partial charge in [-0.1, -0.05) is 64.8 Å². The van der Waals surface area contributed by atoms with E-state index in [0.717, 1.165) is 11.5 Å². The van der Waals surface area contributed by atoms with Crippen LogP contribution in [0.3, 0.4) is 0 Å². The molecule has 0 bridgehead atoms. The Morgan fingerprint density at radius 3 is 2.38 bits per heavy atom. The third-order valence-corrected chi connectivity index (χ3v) is 10.2. The van der Waals surface area contributed by atoms with Gasteiger partial charge < -0.3 is 4.74 Å². The molecule has 0 amide bonds. The normalized spacial score (nSPS) is 16.9. The molecule has 1 aromatic heterocycles. The summed E-state index contributed by atoms with van der Waals surface area (Å²) in [6.45, 7) is 13.9. The molecule has 2 heterocycles. The van der Waals surface area contributed by atoms with Gasteiger partial charge in [-0.05, 0) is 91.0 Å². The predicted molar refractivity (Wildman–Crippen MR) is 156 cm³/mol. The highest BCUT2D eigenvalue weighted by atomic mass is 16.5. The number of nitrogens with zero attached hydrogens (tertiary/aromatic N) is 1. The number of aryl methyl sites for hydroxylation is 2. The SMILES string of the molecule is CCC1(CC)CCC(c2c3c([n+](C)c4ccccc24)-c2c(C)c(C)cc4cc(C(C)C)cc(c24)O3)CC1. The van der Waals surface area contributed by atoms with E-state index in [1.807, 2.05) is 0 Å². The van der Waals surface area contributed by atoms with Crippen molar-refractivity contribution in [3.05, 3.63) is 64.7 Å². The highest BCUT2D eigenvalue weighted by Crippen LogP contribution is 2.55. The van der Waals surface area contributed by atoms with Gasteiger partial charge in [-0.15, -0.1) is 0 Å². The standard InChI is InChI=1S/C35H42NO/c1-8-35(9-2)16-14-24(15-17-35)31-27-12-10-11-13-28(27)36(7)33-30-23(6)22(5)18-26-19-25(21(3)4)20-29(32(26)30)37-34(31)33/h10-13,18-21,24H,8-9,14-17H2,1-7H3/q+1. The van der Waals surface area contributed by atoms with Crippen molar-refractivity contribution in [3.63, 3.8) is 0 Å². The molecule has 3 aromatic carbocycles. The first-order valence-corrected chi connectivity index (χ1v) is 14.5. The first-order valence-electron chi connectivity index (χ1n) is 14.5. The monoisotopic (exact) mass is 492 g/mol. The quantitative estimate of drug-likeness (QED) is 0.228. The average Bonchev–Trinajstić information content (AvgIpc) is 2.91. The molecule has 192 valence electrons. The van der Waals surface area contributed by atoms with Gasteiger partial charge in [-0.2, -0.15) is 4.57 Å². The Hall–Kier alpha value is -2.87. The Morgan fingerprint density at radius 1 is 1.00 bits per heavy atom. The summed E-state index contributed by atoms with van der Waals surface area (Å²) in [6, 6.07) is 16.1. The Kier molecular flexibility index (Phi) is 5.86. The number of hydrogen-bond donors (Lipinski definition) is 0.